The average molecular weight is 473 g/mol. The Kier molecular flexibility index (Phi) is 9.45. The number of hydrogen-bond acceptors (Lipinski definition) is 3. The first-order chi connectivity index (χ1) is 11.5. The number of aliphatic imine (C=N–C) groups is 1. The minimum Gasteiger partial charge on any atom is -0.371 e. The van der Waals surface area contributed by atoms with Crippen molar-refractivity contribution in [3.05, 3.63) is 57.8 Å². The van der Waals surface area contributed by atoms with Crippen LogP contribution in [0.4, 0.5) is 0 Å². The van der Waals surface area contributed by atoms with Gasteiger partial charge in [0.05, 0.1) is 12.2 Å². The molecule has 0 aliphatic rings. The molecule has 2 N–H and O–H groups in total. The number of benzene rings is 1. The van der Waals surface area contributed by atoms with Crippen molar-refractivity contribution in [2.45, 2.75) is 46.1 Å². The summed E-state index contributed by atoms with van der Waals surface area (Å²) < 4.78 is 5.84. The van der Waals surface area contributed by atoms with Crippen molar-refractivity contribution in [2.24, 2.45) is 4.99 Å². The second-order valence-corrected chi connectivity index (χ2v) is 7.41. The van der Waals surface area contributed by atoms with E-state index in [0.717, 1.165) is 19.0 Å². The SMILES string of the molecule is CN=C(NCc1ccsc1)NCc1cccc(COC(C)(C)C)c1.I. The predicted molar refractivity (Wildman–Crippen MR) is 118 cm³/mol. The van der Waals surface area contributed by atoms with E-state index in [-0.39, 0.29) is 29.6 Å². The Balaban J connectivity index is 0.00000312. The summed E-state index contributed by atoms with van der Waals surface area (Å²) >= 11 is 1.70. The van der Waals surface area contributed by atoms with Gasteiger partial charge < -0.3 is 15.4 Å². The lowest BCUT2D eigenvalue weighted by Gasteiger charge is -2.19. The van der Waals surface area contributed by atoms with Gasteiger partial charge in [0.25, 0.3) is 0 Å². The monoisotopic (exact) mass is 473 g/mol. The highest BCUT2D eigenvalue weighted by molar-refractivity contribution is 14.0. The van der Waals surface area contributed by atoms with Gasteiger partial charge in [0.15, 0.2) is 5.96 Å². The third-order valence-electron chi connectivity index (χ3n) is 3.39. The summed E-state index contributed by atoms with van der Waals surface area (Å²) in [5, 5.41) is 10.9. The van der Waals surface area contributed by atoms with Gasteiger partial charge in [-0.05, 0) is 54.3 Å². The predicted octanol–water partition coefficient (Wildman–Crippen LogP) is 4.55. The van der Waals surface area contributed by atoms with Crippen LogP contribution in [0.3, 0.4) is 0 Å². The first-order valence-corrected chi connectivity index (χ1v) is 9.08. The zero-order valence-corrected chi connectivity index (χ0v) is 18.5. The first kappa shape index (κ1) is 21.9. The Morgan fingerprint density at radius 2 is 1.76 bits per heavy atom. The van der Waals surface area contributed by atoms with Crippen molar-refractivity contribution in [1.82, 2.24) is 10.6 Å². The Bertz CT molecular complexity index is 651. The number of halogens is 1. The van der Waals surface area contributed by atoms with E-state index in [1.54, 1.807) is 18.4 Å². The van der Waals surface area contributed by atoms with Crippen LogP contribution in [0.2, 0.25) is 0 Å². The summed E-state index contributed by atoms with van der Waals surface area (Å²) in [6.07, 6.45) is 0. The van der Waals surface area contributed by atoms with Gasteiger partial charge >= 0.3 is 0 Å². The zero-order valence-electron chi connectivity index (χ0n) is 15.3. The maximum Gasteiger partial charge on any atom is 0.191 e. The van der Waals surface area contributed by atoms with Crippen LogP contribution in [-0.4, -0.2) is 18.6 Å². The number of nitrogens with zero attached hydrogens (tertiary/aromatic N) is 1. The Morgan fingerprint density at radius 1 is 1.08 bits per heavy atom. The Hall–Kier alpha value is -1.12. The minimum absolute atomic E-state index is 0. The molecule has 0 aliphatic carbocycles. The van der Waals surface area contributed by atoms with Crippen molar-refractivity contribution in [3.8, 4) is 0 Å². The van der Waals surface area contributed by atoms with Crippen LogP contribution in [-0.2, 0) is 24.4 Å². The highest BCUT2D eigenvalue weighted by atomic mass is 127. The number of ether oxygens (including phenoxy) is 1. The van der Waals surface area contributed by atoms with Crippen LogP contribution >= 0.6 is 35.3 Å². The van der Waals surface area contributed by atoms with Crippen LogP contribution in [0, 0.1) is 0 Å². The lowest BCUT2D eigenvalue weighted by molar-refractivity contribution is -0.0149. The first-order valence-electron chi connectivity index (χ1n) is 8.13. The molecule has 4 nitrogen and oxygen atoms in total. The van der Waals surface area contributed by atoms with Crippen LogP contribution in [0.1, 0.15) is 37.5 Å². The average Bonchev–Trinajstić information content (AvgIpc) is 3.06. The summed E-state index contributed by atoms with van der Waals surface area (Å²) in [5.74, 6) is 0.803. The topological polar surface area (TPSA) is 45.7 Å². The van der Waals surface area contributed by atoms with E-state index in [1.807, 2.05) is 0 Å². The third kappa shape index (κ3) is 8.69. The van der Waals surface area contributed by atoms with Crippen molar-refractivity contribution < 1.29 is 4.74 Å². The molecule has 0 spiro atoms. The normalized spacial score (nSPS) is 11.8. The zero-order chi connectivity index (χ0) is 17.4. The highest BCUT2D eigenvalue weighted by Crippen LogP contribution is 2.13. The molecule has 1 aromatic heterocycles. The van der Waals surface area contributed by atoms with Crippen molar-refractivity contribution in [2.75, 3.05) is 7.05 Å². The third-order valence-corrected chi connectivity index (χ3v) is 4.12. The standard InChI is InChI=1S/C19H27N3OS.HI/c1-19(2,3)23-13-16-7-5-6-15(10-16)11-21-18(20-4)22-12-17-8-9-24-14-17;/h5-10,14H,11-13H2,1-4H3,(H2,20,21,22);1H. The van der Waals surface area contributed by atoms with Crippen LogP contribution in [0.15, 0.2) is 46.1 Å². The van der Waals surface area contributed by atoms with Crippen LogP contribution < -0.4 is 10.6 Å². The van der Waals surface area contributed by atoms with Gasteiger partial charge in [-0.1, -0.05) is 24.3 Å². The van der Waals surface area contributed by atoms with Gasteiger partial charge in [0, 0.05) is 20.1 Å². The van der Waals surface area contributed by atoms with E-state index in [4.69, 9.17) is 4.74 Å². The van der Waals surface area contributed by atoms with Crippen molar-refractivity contribution in [1.29, 1.82) is 0 Å². The van der Waals surface area contributed by atoms with E-state index in [1.165, 1.54) is 16.7 Å². The summed E-state index contributed by atoms with van der Waals surface area (Å²) in [6, 6.07) is 10.6. The molecule has 0 aliphatic heterocycles. The molecule has 25 heavy (non-hydrogen) atoms. The fraction of sp³-hybridized carbons (Fsp3) is 0.421. The molecule has 1 aromatic carbocycles. The van der Waals surface area contributed by atoms with Gasteiger partial charge in [-0.3, -0.25) is 4.99 Å². The minimum atomic E-state index is -0.123. The molecule has 0 saturated carbocycles. The largest absolute Gasteiger partial charge is 0.371 e. The van der Waals surface area contributed by atoms with Crippen LogP contribution in [0.5, 0.6) is 0 Å². The molecule has 2 aromatic rings. The van der Waals surface area contributed by atoms with Gasteiger partial charge in [-0.15, -0.1) is 24.0 Å². The molecule has 138 valence electrons. The number of nitrogens with one attached hydrogen (secondary N) is 2. The number of hydrogen-bond donors (Lipinski definition) is 2. The number of guanidine groups is 1. The van der Waals surface area contributed by atoms with E-state index < -0.39 is 0 Å². The molecule has 1 heterocycles. The molecule has 0 bridgehead atoms. The van der Waals surface area contributed by atoms with E-state index >= 15 is 0 Å². The van der Waals surface area contributed by atoms with Gasteiger partial charge in [0.1, 0.15) is 0 Å². The fourth-order valence-corrected chi connectivity index (χ4v) is 2.78. The maximum absolute atomic E-state index is 5.84. The van der Waals surface area contributed by atoms with Crippen molar-refractivity contribution >= 4 is 41.3 Å². The van der Waals surface area contributed by atoms with Gasteiger partial charge in [-0.25, -0.2) is 0 Å². The molecule has 0 fully saturated rings. The second kappa shape index (κ2) is 10.8. The van der Waals surface area contributed by atoms with Crippen molar-refractivity contribution in [3.63, 3.8) is 0 Å². The molecule has 0 saturated heterocycles. The summed E-state index contributed by atoms with van der Waals surface area (Å²) in [6.45, 7) is 8.35. The van der Waals surface area contributed by atoms with E-state index in [2.05, 4.69) is 77.5 Å². The quantitative estimate of drug-likeness (QED) is 0.368. The Labute approximate surface area is 172 Å². The molecule has 0 atom stereocenters. The number of rotatable bonds is 6. The molecular weight excluding hydrogens is 445 g/mol. The summed E-state index contributed by atoms with van der Waals surface area (Å²) in [7, 11) is 1.79. The van der Waals surface area contributed by atoms with Crippen LogP contribution in [0.25, 0.3) is 0 Å². The smallest absolute Gasteiger partial charge is 0.191 e. The maximum atomic E-state index is 5.84. The molecule has 6 heteroatoms. The molecule has 2 rings (SSSR count). The fourth-order valence-electron chi connectivity index (χ4n) is 2.11. The highest BCUT2D eigenvalue weighted by Gasteiger charge is 2.10. The number of thiophene rings is 1. The summed E-state index contributed by atoms with van der Waals surface area (Å²) in [5.41, 5.74) is 3.54. The molecular formula is C19H28IN3OS. The molecule has 0 amide bonds. The second-order valence-electron chi connectivity index (χ2n) is 6.63. The lowest BCUT2D eigenvalue weighted by atomic mass is 10.1. The van der Waals surface area contributed by atoms with E-state index in [0.29, 0.717) is 6.61 Å². The van der Waals surface area contributed by atoms with Gasteiger partial charge in [-0.2, -0.15) is 11.3 Å². The molecule has 0 unspecified atom stereocenters. The lowest BCUT2D eigenvalue weighted by Crippen LogP contribution is -2.36. The van der Waals surface area contributed by atoms with E-state index in [9.17, 15) is 0 Å². The van der Waals surface area contributed by atoms with Gasteiger partial charge in [0.2, 0.25) is 0 Å². The Morgan fingerprint density at radius 3 is 2.36 bits per heavy atom. The summed E-state index contributed by atoms with van der Waals surface area (Å²) in [4.78, 5) is 4.27. The molecule has 0 radical (unpaired) electrons.